The van der Waals surface area contributed by atoms with Crippen molar-refractivity contribution < 1.29 is 18.3 Å². The standard InChI is InChI=1S/C18H21BrNO4P/c1-13-11-12-23-25(21,24-13)18(14-3-5-15(19)6-4-14)20-16-7-9-17(22-2)10-8-16/h3-10,13,18,20H,11-12H2,1-2H3/t13-,18-,25-/m0/s1. The van der Waals surface area contributed by atoms with Crippen LogP contribution in [0.3, 0.4) is 0 Å². The molecular formula is C18H21BrNO4P. The van der Waals surface area contributed by atoms with Crippen LogP contribution >= 0.6 is 23.5 Å². The van der Waals surface area contributed by atoms with Crippen LogP contribution in [0.4, 0.5) is 5.69 Å². The zero-order valence-electron chi connectivity index (χ0n) is 14.1. The first-order valence-electron chi connectivity index (χ1n) is 8.09. The predicted molar refractivity (Wildman–Crippen MR) is 102 cm³/mol. The molecule has 1 aliphatic heterocycles. The van der Waals surface area contributed by atoms with Crippen molar-refractivity contribution >= 4 is 29.2 Å². The molecule has 2 aromatic rings. The molecule has 1 saturated heterocycles. The summed E-state index contributed by atoms with van der Waals surface area (Å²) in [5.74, 6) is 0.174. The first-order valence-corrected chi connectivity index (χ1v) is 10.5. The number of methoxy groups -OCH3 is 1. The molecule has 1 N–H and O–H groups in total. The molecule has 5 nitrogen and oxygen atoms in total. The van der Waals surface area contributed by atoms with Gasteiger partial charge in [-0.05, 0) is 55.3 Å². The van der Waals surface area contributed by atoms with E-state index in [4.69, 9.17) is 13.8 Å². The van der Waals surface area contributed by atoms with Gasteiger partial charge in [-0.3, -0.25) is 4.57 Å². The average Bonchev–Trinajstić information content (AvgIpc) is 2.61. The zero-order chi connectivity index (χ0) is 17.9. The molecule has 2 aromatic carbocycles. The largest absolute Gasteiger partial charge is 0.497 e. The number of ether oxygens (including phenoxy) is 1. The molecule has 0 saturated carbocycles. The summed E-state index contributed by atoms with van der Waals surface area (Å²) in [5.41, 5.74) is 1.66. The fraction of sp³-hybridized carbons (Fsp3) is 0.333. The van der Waals surface area contributed by atoms with E-state index in [0.717, 1.165) is 27.9 Å². The molecule has 3 atom stereocenters. The van der Waals surface area contributed by atoms with Crippen molar-refractivity contribution in [2.75, 3.05) is 19.0 Å². The normalized spacial score (nSPS) is 24.5. The van der Waals surface area contributed by atoms with E-state index < -0.39 is 13.4 Å². The van der Waals surface area contributed by atoms with E-state index in [1.165, 1.54) is 0 Å². The summed E-state index contributed by atoms with van der Waals surface area (Å²) in [7, 11) is -1.74. The quantitative estimate of drug-likeness (QED) is 0.632. The van der Waals surface area contributed by atoms with Gasteiger partial charge in [-0.25, -0.2) is 0 Å². The lowest BCUT2D eigenvalue weighted by molar-refractivity contribution is 0.0887. The first-order chi connectivity index (χ1) is 12.0. The van der Waals surface area contributed by atoms with E-state index in [0.29, 0.717) is 6.61 Å². The summed E-state index contributed by atoms with van der Waals surface area (Å²) < 4.78 is 31.0. The van der Waals surface area contributed by atoms with E-state index >= 15 is 0 Å². The van der Waals surface area contributed by atoms with Crippen molar-refractivity contribution in [2.45, 2.75) is 25.2 Å². The fourth-order valence-electron chi connectivity index (χ4n) is 2.65. The van der Waals surface area contributed by atoms with E-state index in [1.54, 1.807) is 7.11 Å². The number of hydrogen-bond acceptors (Lipinski definition) is 5. The van der Waals surface area contributed by atoms with Crippen molar-refractivity contribution in [3.8, 4) is 5.75 Å². The van der Waals surface area contributed by atoms with Crippen LogP contribution in [0.1, 0.15) is 24.7 Å². The Balaban J connectivity index is 1.93. The second-order valence-corrected chi connectivity index (χ2v) is 8.89. The lowest BCUT2D eigenvalue weighted by Crippen LogP contribution is -2.23. The third kappa shape index (κ3) is 4.45. The van der Waals surface area contributed by atoms with Gasteiger partial charge in [-0.2, -0.15) is 0 Å². The first kappa shape index (κ1) is 18.5. The Hall–Kier alpha value is -1.33. The van der Waals surface area contributed by atoms with Gasteiger partial charge in [0.1, 0.15) is 5.75 Å². The van der Waals surface area contributed by atoms with Crippen molar-refractivity contribution in [3.63, 3.8) is 0 Å². The Morgan fingerprint density at radius 2 is 1.88 bits per heavy atom. The van der Waals surface area contributed by atoms with Crippen LogP contribution in [0.15, 0.2) is 53.0 Å². The summed E-state index contributed by atoms with van der Waals surface area (Å²) in [5, 5.41) is 3.31. The topological polar surface area (TPSA) is 56.8 Å². The molecule has 25 heavy (non-hydrogen) atoms. The maximum Gasteiger partial charge on any atom is 0.357 e. The van der Waals surface area contributed by atoms with Gasteiger partial charge in [0, 0.05) is 10.2 Å². The number of hydrogen-bond donors (Lipinski definition) is 1. The van der Waals surface area contributed by atoms with Gasteiger partial charge >= 0.3 is 7.60 Å². The van der Waals surface area contributed by atoms with Gasteiger partial charge in [0.05, 0.1) is 19.8 Å². The molecule has 0 aromatic heterocycles. The van der Waals surface area contributed by atoms with Gasteiger partial charge in [-0.1, -0.05) is 28.1 Å². The highest BCUT2D eigenvalue weighted by atomic mass is 79.9. The highest BCUT2D eigenvalue weighted by Crippen LogP contribution is 2.63. The fourth-order valence-corrected chi connectivity index (χ4v) is 5.06. The summed E-state index contributed by atoms with van der Waals surface area (Å²) in [6.45, 7) is 2.34. The third-order valence-electron chi connectivity index (χ3n) is 4.02. The van der Waals surface area contributed by atoms with Crippen LogP contribution in [0.2, 0.25) is 0 Å². The van der Waals surface area contributed by atoms with Crippen molar-refractivity contribution in [1.82, 2.24) is 0 Å². The van der Waals surface area contributed by atoms with E-state index in [2.05, 4.69) is 21.2 Å². The maximum atomic E-state index is 13.4. The molecule has 0 radical (unpaired) electrons. The van der Waals surface area contributed by atoms with Crippen LogP contribution < -0.4 is 10.1 Å². The lowest BCUT2D eigenvalue weighted by atomic mass is 10.2. The monoisotopic (exact) mass is 425 g/mol. The summed E-state index contributed by atoms with van der Waals surface area (Å²) in [6, 6.07) is 15.1. The van der Waals surface area contributed by atoms with Gasteiger partial charge in [-0.15, -0.1) is 0 Å². The number of rotatable bonds is 5. The Bertz CT molecular complexity index is 751. The highest BCUT2D eigenvalue weighted by Gasteiger charge is 2.41. The Labute approximate surface area is 156 Å². The van der Waals surface area contributed by atoms with Crippen molar-refractivity contribution in [3.05, 3.63) is 58.6 Å². The van der Waals surface area contributed by atoms with Crippen molar-refractivity contribution in [2.24, 2.45) is 0 Å². The molecule has 0 amide bonds. The molecule has 1 fully saturated rings. The highest BCUT2D eigenvalue weighted by molar-refractivity contribution is 9.10. The number of benzene rings is 2. The van der Waals surface area contributed by atoms with Crippen LogP contribution in [-0.4, -0.2) is 19.8 Å². The van der Waals surface area contributed by atoms with Crippen LogP contribution in [0.25, 0.3) is 0 Å². The van der Waals surface area contributed by atoms with E-state index in [1.807, 2.05) is 55.5 Å². The SMILES string of the molecule is COc1ccc(N[C@H](c2ccc(Br)cc2)[P@]2(=O)OCC[C@H](C)O2)cc1. The number of halogens is 1. The molecule has 3 rings (SSSR count). The Morgan fingerprint density at radius 3 is 2.48 bits per heavy atom. The summed E-state index contributed by atoms with van der Waals surface area (Å²) in [4.78, 5) is 0. The van der Waals surface area contributed by atoms with Gasteiger partial charge in [0.2, 0.25) is 0 Å². The molecule has 0 spiro atoms. The molecule has 1 heterocycles. The number of anilines is 1. The van der Waals surface area contributed by atoms with Gasteiger partial charge in [0.15, 0.2) is 5.78 Å². The lowest BCUT2D eigenvalue weighted by Gasteiger charge is -2.34. The molecule has 0 aliphatic carbocycles. The molecule has 134 valence electrons. The minimum atomic E-state index is -3.36. The van der Waals surface area contributed by atoms with E-state index in [-0.39, 0.29) is 6.10 Å². The molecule has 0 unspecified atom stereocenters. The molecule has 1 aliphatic rings. The second kappa shape index (κ2) is 7.92. The van der Waals surface area contributed by atoms with E-state index in [9.17, 15) is 4.57 Å². The zero-order valence-corrected chi connectivity index (χ0v) is 16.6. The van der Waals surface area contributed by atoms with Crippen LogP contribution in [0, 0.1) is 0 Å². The van der Waals surface area contributed by atoms with Crippen LogP contribution in [0.5, 0.6) is 5.75 Å². The summed E-state index contributed by atoms with van der Waals surface area (Å²) in [6.07, 6.45) is 0.634. The minimum Gasteiger partial charge on any atom is -0.497 e. The molecular weight excluding hydrogens is 405 g/mol. The van der Waals surface area contributed by atoms with Crippen molar-refractivity contribution in [1.29, 1.82) is 0 Å². The number of nitrogens with one attached hydrogen (secondary N) is 1. The Morgan fingerprint density at radius 1 is 1.20 bits per heavy atom. The summed E-state index contributed by atoms with van der Waals surface area (Å²) >= 11 is 3.43. The maximum absolute atomic E-state index is 13.4. The minimum absolute atomic E-state index is 0.102. The second-order valence-electron chi connectivity index (χ2n) is 5.90. The predicted octanol–water partition coefficient (Wildman–Crippen LogP) is 5.59. The van der Waals surface area contributed by atoms with Gasteiger partial charge in [0.25, 0.3) is 0 Å². The smallest absolute Gasteiger partial charge is 0.357 e. The molecule has 7 heteroatoms. The van der Waals surface area contributed by atoms with Gasteiger partial charge < -0.3 is 19.1 Å². The van der Waals surface area contributed by atoms with Crippen LogP contribution in [-0.2, 0) is 13.6 Å². The molecule has 0 bridgehead atoms. The Kier molecular flexibility index (Phi) is 5.85. The third-order valence-corrected chi connectivity index (χ3v) is 6.80. The average molecular weight is 426 g/mol.